The quantitative estimate of drug-likeness (QED) is 0.485. The minimum absolute atomic E-state index is 0.0907. The van der Waals surface area contributed by atoms with Gasteiger partial charge in [-0.1, -0.05) is 30.3 Å². The van der Waals surface area contributed by atoms with Crippen molar-refractivity contribution >= 4 is 27.5 Å². The van der Waals surface area contributed by atoms with Gasteiger partial charge in [0.05, 0.1) is 10.5 Å². The first-order valence-corrected chi connectivity index (χ1v) is 10.9. The summed E-state index contributed by atoms with van der Waals surface area (Å²) in [6, 6.07) is 15.3. The third-order valence-electron chi connectivity index (χ3n) is 4.53. The summed E-state index contributed by atoms with van der Waals surface area (Å²) in [6.45, 7) is 1.72. The lowest BCUT2D eigenvalue weighted by atomic mass is 10.1. The Bertz CT molecular complexity index is 1310. The number of rotatable bonds is 5. The first kappa shape index (κ1) is 23.8. The Morgan fingerprint density at radius 2 is 1.48 bits per heavy atom. The van der Waals surface area contributed by atoms with E-state index in [0.29, 0.717) is 17.2 Å². The van der Waals surface area contributed by atoms with Crippen LogP contribution in [0.15, 0.2) is 77.7 Å². The molecule has 0 saturated carbocycles. The van der Waals surface area contributed by atoms with Crippen molar-refractivity contribution in [3.8, 4) is 0 Å². The average Bonchev–Trinajstić information content (AvgIpc) is 2.77. The van der Waals surface area contributed by atoms with Crippen molar-refractivity contribution in [1.82, 2.24) is 10.9 Å². The van der Waals surface area contributed by atoms with Gasteiger partial charge in [0.25, 0.3) is 21.8 Å². The number of benzene rings is 3. The van der Waals surface area contributed by atoms with Crippen molar-refractivity contribution in [2.45, 2.75) is 18.0 Å². The SMILES string of the molecule is Cc1ccccc1C(=O)NNC(=O)c1cccc(S(=O)(=O)Nc2cccc(C(F)(F)F)c2)c1. The van der Waals surface area contributed by atoms with Gasteiger partial charge in [-0.3, -0.25) is 25.2 Å². The van der Waals surface area contributed by atoms with E-state index in [2.05, 4.69) is 15.6 Å². The zero-order valence-corrected chi connectivity index (χ0v) is 17.9. The number of sulfonamides is 1. The molecule has 0 heterocycles. The topological polar surface area (TPSA) is 104 Å². The number of carbonyl (C=O) groups is 2. The Balaban J connectivity index is 1.74. The number of carbonyl (C=O) groups excluding carboxylic acids is 2. The summed E-state index contributed by atoms with van der Waals surface area (Å²) >= 11 is 0. The van der Waals surface area contributed by atoms with Crippen LogP contribution in [0.3, 0.4) is 0 Å². The van der Waals surface area contributed by atoms with Crippen molar-refractivity contribution in [1.29, 1.82) is 0 Å². The lowest BCUT2D eigenvalue weighted by Crippen LogP contribution is -2.41. The fourth-order valence-electron chi connectivity index (χ4n) is 2.86. The fraction of sp³-hybridized carbons (Fsp3) is 0.0909. The Hall–Kier alpha value is -3.86. The minimum atomic E-state index is -4.64. The summed E-state index contributed by atoms with van der Waals surface area (Å²) in [5, 5.41) is 0. The molecule has 0 unspecified atom stereocenters. The maximum absolute atomic E-state index is 12.9. The summed E-state index contributed by atoms with van der Waals surface area (Å²) in [7, 11) is -4.30. The van der Waals surface area contributed by atoms with Crippen molar-refractivity contribution in [3.63, 3.8) is 0 Å². The molecule has 3 aromatic rings. The van der Waals surface area contributed by atoms with Crippen LogP contribution in [-0.2, 0) is 16.2 Å². The van der Waals surface area contributed by atoms with Crippen molar-refractivity contribution in [2.24, 2.45) is 0 Å². The molecule has 0 atom stereocenters. The molecule has 7 nitrogen and oxygen atoms in total. The molecule has 3 N–H and O–H groups in total. The van der Waals surface area contributed by atoms with Gasteiger partial charge < -0.3 is 0 Å². The van der Waals surface area contributed by atoms with E-state index >= 15 is 0 Å². The number of hydrogen-bond acceptors (Lipinski definition) is 4. The van der Waals surface area contributed by atoms with Gasteiger partial charge in [0.2, 0.25) is 0 Å². The Morgan fingerprint density at radius 3 is 2.18 bits per heavy atom. The molecule has 0 aliphatic heterocycles. The molecule has 33 heavy (non-hydrogen) atoms. The number of nitrogens with one attached hydrogen (secondary N) is 3. The van der Waals surface area contributed by atoms with Gasteiger partial charge in [0.1, 0.15) is 0 Å². The Labute approximate surface area is 187 Å². The minimum Gasteiger partial charge on any atom is -0.280 e. The van der Waals surface area contributed by atoms with E-state index in [1.165, 1.54) is 24.3 Å². The molecule has 3 rings (SSSR count). The molecule has 0 bridgehead atoms. The van der Waals surface area contributed by atoms with Crippen LogP contribution in [0.2, 0.25) is 0 Å². The van der Waals surface area contributed by atoms with Gasteiger partial charge in [-0.2, -0.15) is 13.2 Å². The molecule has 0 spiro atoms. The van der Waals surface area contributed by atoms with E-state index in [9.17, 15) is 31.2 Å². The van der Waals surface area contributed by atoms with Gasteiger partial charge in [0, 0.05) is 16.8 Å². The molecule has 0 aromatic heterocycles. The molecule has 0 radical (unpaired) electrons. The number of hydrazine groups is 1. The van der Waals surface area contributed by atoms with Crippen molar-refractivity contribution in [2.75, 3.05) is 4.72 Å². The number of halogens is 3. The average molecular weight is 477 g/mol. The highest BCUT2D eigenvalue weighted by molar-refractivity contribution is 7.92. The van der Waals surface area contributed by atoms with Crippen LogP contribution in [0, 0.1) is 6.92 Å². The second kappa shape index (κ2) is 9.33. The second-order valence-corrected chi connectivity index (χ2v) is 8.62. The van der Waals surface area contributed by atoms with Gasteiger partial charge >= 0.3 is 6.18 Å². The smallest absolute Gasteiger partial charge is 0.280 e. The van der Waals surface area contributed by atoms with Crippen LogP contribution in [-0.4, -0.2) is 20.2 Å². The molecule has 2 amide bonds. The lowest BCUT2D eigenvalue weighted by Gasteiger charge is -2.12. The molecule has 0 aliphatic rings. The third-order valence-corrected chi connectivity index (χ3v) is 5.91. The summed E-state index contributed by atoms with van der Waals surface area (Å²) in [5.41, 5.74) is 4.09. The van der Waals surface area contributed by atoms with E-state index < -0.39 is 33.6 Å². The van der Waals surface area contributed by atoms with Crippen molar-refractivity contribution in [3.05, 3.63) is 95.1 Å². The number of hydrogen-bond donors (Lipinski definition) is 3. The molecule has 0 aliphatic carbocycles. The predicted octanol–water partition coefficient (Wildman–Crippen LogP) is 3.89. The second-order valence-electron chi connectivity index (χ2n) is 6.94. The van der Waals surface area contributed by atoms with Crippen LogP contribution in [0.1, 0.15) is 31.8 Å². The largest absolute Gasteiger partial charge is 0.416 e. The number of anilines is 1. The normalized spacial score (nSPS) is 11.5. The van der Waals surface area contributed by atoms with Crippen LogP contribution in [0.25, 0.3) is 0 Å². The van der Waals surface area contributed by atoms with Crippen molar-refractivity contribution < 1.29 is 31.2 Å². The molecule has 0 fully saturated rings. The van der Waals surface area contributed by atoms with Gasteiger partial charge in [-0.25, -0.2) is 8.42 Å². The molecule has 11 heteroatoms. The van der Waals surface area contributed by atoms with Gasteiger partial charge in [-0.15, -0.1) is 0 Å². The number of amides is 2. The Kier molecular flexibility index (Phi) is 6.73. The molecular weight excluding hydrogens is 459 g/mol. The number of alkyl halides is 3. The summed E-state index contributed by atoms with van der Waals surface area (Å²) in [6.07, 6.45) is -4.64. The lowest BCUT2D eigenvalue weighted by molar-refractivity contribution is -0.137. The third kappa shape index (κ3) is 5.89. The highest BCUT2D eigenvalue weighted by Crippen LogP contribution is 2.31. The summed E-state index contributed by atoms with van der Waals surface area (Å²) < 4.78 is 65.9. The van der Waals surface area contributed by atoms with Crippen LogP contribution in [0.4, 0.5) is 18.9 Å². The maximum Gasteiger partial charge on any atom is 0.416 e. The predicted molar refractivity (Wildman–Crippen MR) is 115 cm³/mol. The zero-order chi connectivity index (χ0) is 24.2. The molecule has 3 aromatic carbocycles. The van der Waals surface area contributed by atoms with E-state index in [1.54, 1.807) is 31.2 Å². The maximum atomic E-state index is 12.9. The van der Waals surface area contributed by atoms with E-state index in [-0.39, 0.29) is 16.1 Å². The number of aryl methyl sites for hydroxylation is 1. The molecule has 172 valence electrons. The standard InChI is InChI=1S/C22H18F3N3O4S/c1-14-6-2-3-11-19(14)21(30)27-26-20(29)15-7-4-10-18(12-15)33(31,32)28-17-9-5-8-16(13-17)22(23,24)25/h2-13,28H,1H3,(H,26,29)(H,27,30). The van der Waals surface area contributed by atoms with E-state index in [4.69, 9.17) is 0 Å². The fourth-order valence-corrected chi connectivity index (χ4v) is 3.95. The molecule has 0 saturated heterocycles. The van der Waals surface area contributed by atoms with E-state index in [1.807, 2.05) is 0 Å². The first-order chi connectivity index (χ1) is 15.5. The molecular formula is C22H18F3N3O4S. The zero-order valence-electron chi connectivity index (χ0n) is 17.1. The first-order valence-electron chi connectivity index (χ1n) is 9.44. The highest BCUT2D eigenvalue weighted by Gasteiger charge is 2.30. The van der Waals surface area contributed by atoms with Crippen LogP contribution in [0.5, 0.6) is 0 Å². The van der Waals surface area contributed by atoms with Crippen LogP contribution >= 0.6 is 0 Å². The van der Waals surface area contributed by atoms with E-state index in [0.717, 1.165) is 18.2 Å². The van der Waals surface area contributed by atoms with Gasteiger partial charge in [-0.05, 0) is 55.0 Å². The van der Waals surface area contributed by atoms with Crippen LogP contribution < -0.4 is 15.6 Å². The monoisotopic (exact) mass is 477 g/mol. The Morgan fingerprint density at radius 1 is 0.818 bits per heavy atom. The highest BCUT2D eigenvalue weighted by atomic mass is 32.2. The van der Waals surface area contributed by atoms with Gasteiger partial charge in [0.15, 0.2) is 0 Å². The summed E-state index contributed by atoms with van der Waals surface area (Å²) in [4.78, 5) is 24.3. The summed E-state index contributed by atoms with van der Waals surface area (Å²) in [5.74, 6) is -1.34.